The van der Waals surface area contributed by atoms with Crippen LogP contribution >= 0.6 is 0 Å². The highest BCUT2D eigenvalue weighted by Gasteiger charge is 2.31. The number of hydrogen-bond donors (Lipinski definition) is 1. The molecule has 76 valence electrons. The van der Waals surface area contributed by atoms with Gasteiger partial charge in [-0.05, 0) is 33.0 Å². The second kappa shape index (κ2) is 3.58. The zero-order chi connectivity index (χ0) is 10.1. The maximum absolute atomic E-state index is 5.72. The molecular weight excluding hydrogens is 176 g/mol. The summed E-state index contributed by atoms with van der Waals surface area (Å²) < 4.78 is 5.72. The van der Waals surface area contributed by atoms with E-state index in [-0.39, 0.29) is 6.10 Å². The minimum absolute atomic E-state index is 0.228. The number of fused-ring (bicyclic) bond motifs is 1. The lowest BCUT2D eigenvalue weighted by Crippen LogP contribution is -2.25. The second-order valence-corrected chi connectivity index (χ2v) is 3.82. The molecule has 0 amide bonds. The lowest BCUT2D eigenvalue weighted by molar-refractivity contribution is 0.225. The average Bonchev–Trinajstić information content (AvgIpc) is 2.45. The van der Waals surface area contributed by atoms with Crippen molar-refractivity contribution in [1.82, 2.24) is 10.3 Å². The van der Waals surface area contributed by atoms with Gasteiger partial charge in [0.05, 0.1) is 11.6 Å². The van der Waals surface area contributed by atoms with E-state index in [9.17, 15) is 0 Å². The smallest absolute Gasteiger partial charge is 0.141 e. The summed E-state index contributed by atoms with van der Waals surface area (Å²) in [7, 11) is 1.96. The fraction of sp³-hybridized carbons (Fsp3) is 0.545. The van der Waals surface area contributed by atoms with Crippen LogP contribution in [0.25, 0.3) is 0 Å². The second-order valence-electron chi connectivity index (χ2n) is 3.82. The minimum atomic E-state index is 0.228. The van der Waals surface area contributed by atoms with Gasteiger partial charge in [0.1, 0.15) is 11.9 Å². The van der Waals surface area contributed by atoms with Crippen LogP contribution in [0.1, 0.15) is 24.2 Å². The summed E-state index contributed by atoms with van der Waals surface area (Å²) in [5.74, 6) is 1.33. The van der Waals surface area contributed by atoms with Crippen molar-refractivity contribution in [2.24, 2.45) is 0 Å². The molecule has 0 radical (unpaired) electrons. The fourth-order valence-electron chi connectivity index (χ4n) is 1.92. The Morgan fingerprint density at radius 3 is 3.00 bits per heavy atom. The maximum Gasteiger partial charge on any atom is 0.141 e. The standard InChI is InChI=1S/C11H16N2O/c1-7-4-5-10-11(13-7)9(6-12-3)8(2)14-10/h4-5,8-9,12H,6H2,1-3H3/t8-,9-/m1/s1. The van der Waals surface area contributed by atoms with E-state index in [2.05, 4.69) is 17.2 Å². The van der Waals surface area contributed by atoms with E-state index in [0.29, 0.717) is 5.92 Å². The SMILES string of the molecule is CNC[C@H]1c2nc(C)ccc2O[C@@H]1C. The summed E-state index contributed by atoms with van der Waals surface area (Å²) in [5, 5.41) is 3.18. The summed E-state index contributed by atoms with van der Waals surface area (Å²) >= 11 is 0. The van der Waals surface area contributed by atoms with Gasteiger partial charge in [0.2, 0.25) is 0 Å². The molecule has 3 nitrogen and oxygen atoms in total. The van der Waals surface area contributed by atoms with Gasteiger partial charge in [-0.25, -0.2) is 0 Å². The zero-order valence-electron chi connectivity index (χ0n) is 8.87. The van der Waals surface area contributed by atoms with Crippen molar-refractivity contribution in [3.63, 3.8) is 0 Å². The molecule has 1 aromatic heterocycles. The van der Waals surface area contributed by atoms with Gasteiger partial charge in [-0.3, -0.25) is 4.98 Å². The van der Waals surface area contributed by atoms with Gasteiger partial charge >= 0.3 is 0 Å². The molecule has 3 heteroatoms. The van der Waals surface area contributed by atoms with Gasteiger partial charge in [-0.1, -0.05) is 0 Å². The Hall–Kier alpha value is -1.09. The Morgan fingerprint density at radius 2 is 2.29 bits per heavy atom. The molecule has 0 fully saturated rings. The molecule has 0 aromatic carbocycles. The Balaban J connectivity index is 2.34. The molecule has 1 N–H and O–H groups in total. The summed E-state index contributed by atoms with van der Waals surface area (Å²) in [4.78, 5) is 4.54. The van der Waals surface area contributed by atoms with Crippen LogP contribution in [0.3, 0.4) is 0 Å². The van der Waals surface area contributed by atoms with Crippen LogP contribution in [-0.4, -0.2) is 24.7 Å². The largest absolute Gasteiger partial charge is 0.488 e. The Kier molecular flexibility index (Phi) is 2.42. The van der Waals surface area contributed by atoms with Gasteiger partial charge in [0.25, 0.3) is 0 Å². The molecule has 1 aliphatic heterocycles. The molecule has 0 spiro atoms. The normalized spacial score (nSPS) is 24.5. The molecule has 1 aliphatic rings. The Morgan fingerprint density at radius 1 is 1.50 bits per heavy atom. The molecule has 0 saturated carbocycles. The lowest BCUT2D eigenvalue weighted by Gasteiger charge is -2.12. The van der Waals surface area contributed by atoms with Crippen LogP contribution in [0.4, 0.5) is 0 Å². The first-order valence-electron chi connectivity index (χ1n) is 5.01. The number of rotatable bonds is 2. The van der Waals surface area contributed by atoms with Crippen molar-refractivity contribution in [1.29, 1.82) is 0 Å². The fourth-order valence-corrected chi connectivity index (χ4v) is 1.92. The Labute approximate surface area is 84.5 Å². The van der Waals surface area contributed by atoms with Gasteiger partial charge in [-0.2, -0.15) is 0 Å². The molecule has 2 rings (SSSR count). The average molecular weight is 192 g/mol. The van der Waals surface area contributed by atoms with E-state index in [1.807, 2.05) is 26.1 Å². The van der Waals surface area contributed by atoms with Gasteiger partial charge < -0.3 is 10.1 Å². The van der Waals surface area contributed by atoms with Crippen molar-refractivity contribution in [3.05, 3.63) is 23.5 Å². The van der Waals surface area contributed by atoms with Crippen LogP contribution in [-0.2, 0) is 0 Å². The first kappa shape index (κ1) is 9.46. The molecule has 0 saturated heterocycles. The monoisotopic (exact) mass is 192 g/mol. The summed E-state index contributed by atoms with van der Waals surface area (Å²) in [6.07, 6.45) is 0.228. The topological polar surface area (TPSA) is 34.2 Å². The molecule has 0 aliphatic carbocycles. The number of ether oxygens (including phenoxy) is 1. The summed E-state index contributed by atoms with van der Waals surface area (Å²) in [5.41, 5.74) is 2.16. The quantitative estimate of drug-likeness (QED) is 0.770. The highest BCUT2D eigenvalue weighted by molar-refractivity contribution is 5.37. The molecule has 1 aromatic rings. The van der Waals surface area contributed by atoms with Gasteiger partial charge in [-0.15, -0.1) is 0 Å². The number of likely N-dealkylation sites (N-methyl/N-ethyl adjacent to an activating group) is 1. The highest BCUT2D eigenvalue weighted by atomic mass is 16.5. The minimum Gasteiger partial charge on any atom is -0.488 e. The lowest BCUT2D eigenvalue weighted by atomic mass is 10.0. The van der Waals surface area contributed by atoms with Crippen LogP contribution < -0.4 is 10.1 Å². The predicted molar refractivity (Wildman–Crippen MR) is 55.7 cm³/mol. The van der Waals surface area contributed by atoms with E-state index in [0.717, 1.165) is 23.7 Å². The molecule has 14 heavy (non-hydrogen) atoms. The predicted octanol–water partition coefficient (Wildman–Crippen LogP) is 1.47. The number of nitrogens with one attached hydrogen (secondary N) is 1. The number of nitrogens with zero attached hydrogens (tertiary/aromatic N) is 1. The van der Waals surface area contributed by atoms with Crippen LogP contribution in [0.15, 0.2) is 12.1 Å². The van der Waals surface area contributed by atoms with Crippen molar-refractivity contribution in [2.45, 2.75) is 25.9 Å². The molecule has 0 bridgehead atoms. The first-order valence-corrected chi connectivity index (χ1v) is 5.01. The third kappa shape index (κ3) is 1.48. The van der Waals surface area contributed by atoms with Crippen molar-refractivity contribution in [2.75, 3.05) is 13.6 Å². The third-order valence-corrected chi connectivity index (χ3v) is 2.68. The van der Waals surface area contributed by atoms with E-state index < -0.39 is 0 Å². The van der Waals surface area contributed by atoms with Crippen molar-refractivity contribution < 1.29 is 4.74 Å². The van der Waals surface area contributed by atoms with Crippen molar-refractivity contribution in [3.8, 4) is 5.75 Å². The van der Waals surface area contributed by atoms with Crippen LogP contribution in [0.5, 0.6) is 5.75 Å². The maximum atomic E-state index is 5.72. The molecule has 2 heterocycles. The van der Waals surface area contributed by atoms with E-state index in [4.69, 9.17) is 4.74 Å². The van der Waals surface area contributed by atoms with Gasteiger partial charge in [0, 0.05) is 12.2 Å². The number of pyridine rings is 1. The van der Waals surface area contributed by atoms with Crippen LogP contribution in [0, 0.1) is 6.92 Å². The van der Waals surface area contributed by atoms with Crippen LogP contribution in [0.2, 0.25) is 0 Å². The van der Waals surface area contributed by atoms with E-state index >= 15 is 0 Å². The molecule has 0 unspecified atom stereocenters. The number of hydrogen-bond acceptors (Lipinski definition) is 3. The van der Waals surface area contributed by atoms with E-state index in [1.165, 1.54) is 0 Å². The molecule has 2 atom stereocenters. The first-order chi connectivity index (χ1) is 6.72. The summed E-state index contributed by atoms with van der Waals surface area (Å²) in [6.45, 7) is 5.03. The highest BCUT2D eigenvalue weighted by Crippen LogP contribution is 2.36. The van der Waals surface area contributed by atoms with Gasteiger partial charge in [0.15, 0.2) is 0 Å². The van der Waals surface area contributed by atoms with E-state index in [1.54, 1.807) is 0 Å². The number of aryl methyl sites for hydroxylation is 1. The summed E-state index contributed by atoms with van der Waals surface area (Å²) in [6, 6.07) is 4.01. The molecular formula is C11H16N2O. The third-order valence-electron chi connectivity index (χ3n) is 2.68. The van der Waals surface area contributed by atoms with Crippen molar-refractivity contribution >= 4 is 0 Å². The number of aromatic nitrogens is 1. The zero-order valence-corrected chi connectivity index (χ0v) is 8.87. The Bertz CT molecular complexity index is 338.